The van der Waals surface area contributed by atoms with E-state index in [1.54, 1.807) is 0 Å². The van der Waals surface area contributed by atoms with Crippen LogP contribution in [0.3, 0.4) is 0 Å². The minimum absolute atomic E-state index is 0.238. The van der Waals surface area contributed by atoms with Gasteiger partial charge in [-0.2, -0.15) is 0 Å². The van der Waals surface area contributed by atoms with Gasteiger partial charge >= 0.3 is 0 Å². The lowest BCUT2D eigenvalue weighted by atomic mass is 10.0. The number of rotatable bonds is 4. The molecule has 0 saturated carbocycles. The summed E-state index contributed by atoms with van der Waals surface area (Å²) < 4.78 is 2.05. The van der Waals surface area contributed by atoms with Gasteiger partial charge in [-0.3, -0.25) is 15.6 Å². The van der Waals surface area contributed by atoms with Crippen LogP contribution in [0.4, 0.5) is 5.95 Å². The van der Waals surface area contributed by atoms with Crippen molar-refractivity contribution in [3.63, 3.8) is 0 Å². The molecule has 0 saturated heterocycles. The molecule has 6 heteroatoms. The van der Waals surface area contributed by atoms with Gasteiger partial charge in [-0.05, 0) is 31.5 Å². The third-order valence-electron chi connectivity index (χ3n) is 4.65. The van der Waals surface area contributed by atoms with E-state index in [1.807, 2.05) is 86.1 Å². The molecule has 0 aliphatic heterocycles. The fraction of sp³-hybridized carbons (Fsp3) is 0.136. The largest absolute Gasteiger partial charge is 0.343 e. The molecule has 0 atom stereocenters. The summed E-state index contributed by atoms with van der Waals surface area (Å²) in [7, 11) is 1.97. The van der Waals surface area contributed by atoms with Crippen LogP contribution in [0.15, 0.2) is 60.7 Å². The third-order valence-corrected chi connectivity index (χ3v) is 4.65. The molecule has 28 heavy (non-hydrogen) atoms. The van der Waals surface area contributed by atoms with Gasteiger partial charge in [-0.25, -0.2) is 9.97 Å². The Kier molecular flexibility index (Phi) is 4.53. The van der Waals surface area contributed by atoms with E-state index < -0.39 is 0 Å². The van der Waals surface area contributed by atoms with Crippen LogP contribution in [0.25, 0.3) is 22.2 Å². The number of hydrogen-bond acceptors (Lipinski definition) is 4. The summed E-state index contributed by atoms with van der Waals surface area (Å²) in [5.41, 5.74) is 10.7. The van der Waals surface area contributed by atoms with E-state index in [4.69, 9.17) is 0 Å². The van der Waals surface area contributed by atoms with Gasteiger partial charge in [-0.1, -0.05) is 48.5 Å². The fourth-order valence-electron chi connectivity index (χ4n) is 3.51. The average molecular weight is 371 g/mol. The Hall–Kier alpha value is -3.67. The van der Waals surface area contributed by atoms with Crippen LogP contribution in [0, 0.1) is 13.8 Å². The Morgan fingerprint density at radius 2 is 1.57 bits per heavy atom. The molecule has 4 aromatic rings. The summed E-state index contributed by atoms with van der Waals surface area (Å²) in [5.74, 6) is 0.130. The third kappa shape index (κ3) is 3.20. The summed E-state index contributed by atoms with van der Waals surface area (Å²) in [6.07, 6.45) is 0. The molecule has 4 rings (SSSR count). The quantitative estimate of drug-likeness (QED) is 0.532. The SMILES string of the molecule is Cc1cc(C)nc(NNC(=O)c2c(-c3ccccc3)n(C)c3ccccc23)n1. The Balaban J connectivity index is 1.76. The van der Waals surface area contributed by atoms with Gasteiger partial charge in [0.05, 0.1) is 11.3 Å². The van der Waals surface area contributed by atoms with E-state index >= 15 is 0 Å². The lowest BCUT2D eigenvalue weighted by molar-refractivity contribution is 0.0964. The lowest BCUT2D eigenvalue weighted by Gasteiger charge is -2.11. The predicted octanol–water partition coefficient (Wildman–Crippen LogP) is 4.01. The zero-order chi connectivity index (χ0) is 19.7. The van der Waals surface area contributed by atoms with Crippen molar-refractivity contribution >= 4 is 22.8 Å². The number of aryl methyl sites for hydroxylation is 3. The number of carbonyl (C=O) groups is 1. The average Bonchev–Trinajstić information content (AvgIpc) is 2.99. The molecule has 0 aliphatic rings. The maximum atomic E-state index is 13.2. The van der Waals surface area contributed by atoms with Crippen LogP contribution >= 0.6 is 0 Å². The molecule has 0 spiro atoms. The van der Waals surface area contributed by atoms with Crippen molar-refractivity contribution in [3.8, 4) is 11.3 Å². The van der Waals surface area contributed by atoms with Crippen LogP contribution in [-0.2, 0) is 7.05 Å². The highest BCUT2D eigenvalue weighted by Crippen LogP contribution is 2.32. The summed E-state index contributed by atoms with van der Waals surface area (Å²) >= 11 is 0. The van der Waals surface area contributed by atoms with Crippen molar-refractivity contribution in [3.05, 3.63) is 77.6 Å². The van der Waals surface area contributed by atoms with Crippen molar-refractivity contribution < 1.29 is 4.79 Å². The van der Waals surface area contributed by atoms with Crippen LogP contribution in [0.2, 0.25) is 0 Å². The van der Waals surface area contributed by atoms with Gasteiger partial charge in [0, 0.05) is 29.3 Å². The first-order valence-corrected chi connectivity index (χ1v) is 9.06. The number of benzene rings is 2. The normalized spacial score (nSPS) is 10.8. The molecule has 6 nitrogen and oxygen atoms in total. The smallest absolute Gasteiger partial charge is 0.272 e. The zero-order valence-corrected chi connectivity index (χ0v) is 16.0. The number of anilines is 1. The number of hydrogen-bond donors (Lipinski definition) is 2. The van der Waals surface area contributed by atoms with Gasteiger partial charge < -0.3 is 4.57 Å². The number of carbonyl (C=O) groups excluding carboxylic acids is 1. The number of fused-ring (bicyclic) bond motifs is 1. The maximum absolute atomic E-state index is 13.2. The van der Waals surface area contributed by atoms with Gasteiger partial charge in [0.15, 0.2) is 0 Å². The first-order valence-electron chi connectivity index (χ1n) is 9.06. The Morgan fingerprint density at radius 3 is 2.29 bits per heavy atom. The fourth-order valence-corrected chi connectivity index (χ4v) is 3.51. The van der Waals surface area contributed by atoms with E-state index in [9.17, 15) is 4.79 Å². The number of nitrogens with zero attached hydrogens (tertiary/aromatic N) is 3. The van der Waals surface area contributed by atoms with Gasteiger partial charge in [-0.15, -0.1) is 0 Å². The summed E-state index contributed by atoms with van der Waals surface area (Å²) in [4.78, 5) is 21.8. The molecule has 140 valence electrons. The van der Waals surface area contributed by atoms with Crippen molar-refractivity contribution in [2.24, 2.45) is 7.05 Å². The second-order valence-corrected chi connectivity index (χ2v) is 6.72. The number of hydrazine groups is 1. The molecule has 2 N–H and O–H groups in total. The van der Waals surface area contributed by atoms with Crippen LogP contribution in [0.1, 0.15) is 21.7 Å². The minimum atomic E-state index is -0.238. The number of amides is 1. The van der Waals surface area contributed by atoms with E-state index in [1.165, 1.54) is 0 Å². The van der Waals surface area contributed by atoms with Gasteiger partial charge in [0.2, 0.25) is 5.95 Å². The molecule has 2 aromatic carbocycles. The molecule has 0 unspecified atom stereocenters. The minimum Gasteiger partial charge on any atom is -0.343 e. The maximum Gasteiger partial charge on any atom is 0.272 e. The molecule has 1 amide bonds. The zero-order valence-electron chi connectivity index (χ0n) is 16.0. The Labute approximate surface area is 163 Å². The summed E-state index contributed by atoms with van der Waals surface area (Å²) in [6, 6.07) is 19.7. The number of aromatic nitrogens is 3. The first kappa shape index (κ1) is 17.7. The van der Waals surface area contributed by atoms with Crippen molar-refractivity contribution in [2.45, 2.75) is 13.8 Å². The summed E-state index contributed by atoms with van der Waals surface area (Å²) in [5, 5.41) is 0.893. The van der Waals surface area contributed by atoms with Crippen LogP contribution in [0.5, 0.6) is 0 Å². The van der Waals surface area contributed by atoms with E-state index in [-0.39, 0.29) is 5.91 Å². The molecule has 2 aromatic heterocycles. The molecule has 2 heterocycles. The van der Waals surface area contributed by atoms with Crippen LogP contribution in [-0.4, -0.2) is 20.4 Å². The highest BCUT2D eigenvalue weighted by molar-refractivity contribution is 6.13. The van der Waals surface area contributed by atoms with Crippen molar-refractivity contribution in [2.75, 3.05) is 5.43 Å². The first-order chi connectivity index (χ1) is 13.5. The number of nitrogens with one attached hydrogen (secondary N) is 2. The molecular formula is C22H21N5O. The summed E-state index contributed by atoms with van der Waals surface area (Å²) in [6.45, 7) is 3.78. The van der Waals surface area contributed by atoms with Crippen LogP contribution < -0.4 is 10.9 Å². The molecule has 0 fully saturated rings. The topological polar surface area (TPSA) is 71.8 Å². The van der Waals surface area contributed by atoms with Gasteiger partial charge in [0.25, 0.3) is 5.91 Å². The lowest BCUT2D eigenvalue weighted by Crippen LogP contribution is -2.31. The molecule has 0 radical (unpaired) electrons. The van der Waals surface area contributed by atoms with E-state index in [0.717, 1.165) is 33.5 Å². The molecule has 0 bridgehead atoms. The van der Waals surface area contributed by atoms with E-state index in [0.29, 0.717) is 11.5 Å². The highest BCUT2D eigenvalue weighted by Gasteiger charge is 2.22. The Morgan fingerprint density at radius 1 is 0.929 bits per heavy atom. The number of para-hydroxylation sites is 1. The van der Waals surface area contributed by atoms with Gasteiger partial charge in [0.1, 0.15) is 0 Å². The monoisotopic (exact) mass is 371 g/mol. The predicted molar refractivity (Wildman–Crippen MR) is 111 cm³/mol. The molecule has 0 aliphatic carbocycles. The second kappa shape index (κ2) is 7.15. The highest BCUT2D eigenvalue weighted by atomic mass is 16.2. The molecular weight excluding hydrogens is 350 g/mol. The Bertz CT molecular complexity index is 1140. The van der Waals surface area contributed by atoms with E-state index in [2.05, 4.69) is 20.8 Å². The van der Waals surface area contributed by atoms with Crippen molar-refractivity contribution in [1.29, 1.82) is 0 Å². The second-order valence-electron chi connectivity index (χ2n) is 6.72. The standard InChI is InChI=1S/C22H21N5O/c1-14-13-15(2)24-22(23-14)26-25-21(28)19-17-11-7-8-12-18(17)27(3)20(19)16-9-5-4-6-10-16/h4-13H,1-3H3,(H,25,28)(H,23,24,26). The van der Waals surface area contributed by atoms with Crippen molar-refractivity contribution in [1.82, 2.24) is 20.0 Å².